The van der Waals surface area contributed by atoms with Crippen molar-refractivity contribution in [3.63, 3.8) is 0 Å². The minimum Gasteiger partial charge on any atom is -0.406 e. The summed E-state index contributed by atoms with van der Waals surface area (Å²) in [6, 6.07) is 14.8. The largest absolute Gasteiger partial charge is 0.573 e. The van der Waals surface area contributed by atoms with Crippen LogP contribution in [0.3, 0.4) is 0 Å². The summed E-state index contributed by atoms with van der Waals surface area (Å²) in [7, 11) is 0. The van der Waals surface area contributed by atoms with Gasteiger partial charge in [0.2, 0.25) is 0 Å². The summed E-state index contributed by atoms with van der Waals surface area (Å²) < 4.78 is 41.8. The number of alkyl halides is 3. The Morgan fingerprint density at radius 2 is 1.86 bits per heavy atom. The van der Waals surface area contributed by atoms with Crippen molar-refractivity contribution in [2.24, 2.45) is 0 Å². The lowest BCUT2D eigenvalue weighted by Crippen LogP contribution is -2.43. The molecule has 0 atom stereocenters. The molecule has 1 aliphatic rings. The van der Waals surface area contributed by atoms with E-state index in [1.807, 2.05) is 24.4 Å². The molecule has 1 fully saturated rings. The van der Waals surface area contributed by atoms with Crippen molar-refractivity contribution >= 4 is 16.6 Å². The van der Waals surface area contributed by atoms with Crippen molar-refractivity contribution in [3.8, 4) is 5.75 Å². The fraction of sp³-hybridized carbons (Fsp3) is 0.333. The number of anilines is 1. The second-order valence-electron chi connectivity index (χ2n) is 7.05. The number of hydrogen-bond donors (Lipinski definition) is 2. The Hall–Kier alpha value is -2.67. The molecule has 7 heteroatoms. The van der Waals surface area contributed by atoms with Crippen LogP contribution in [-0.2, 0) is 6.54 Å². The summed E-state index contributed by atoms with van der Waals surface area (Å²) in [4.78, 5) is 5.48. The Labute approximate surface area is 161 Å². The summed E-state index contributed by atoms with van der Waals surface area (Å²) in [5.74, 6) is -0.184. The Bertz CT molecular complexity index is 932. The van der Waals surface area contributed by atoms with E-state index in [0.29, 0.717) is 12.6 Å². The monoisotopic (exact) mass is 389 g/mol. The molecule has 0 radical (unpaired) electrons. The predicted octanol–water partition coefficient (Wildman–Crippen LogP) is 4.83. The number of piperidine rings is 1. The average Bonchev–Trinajstić information content (AvgIpc) is 3.13. The molecule has 2 heterocycles. The molecule has 0 unspecified atom stereocenters. The minimum absolute atomic E-state index is 0.184. The molecule has 1 saturated heterocycles. The van der Waals surface area contributed by atoms with Crippen LogP contribution in [0.15, 0.2) is 54.7 Å². The van der Waals surface area contributed by atoms with Crippen molar-refractivity contribution in [3.05, 3.63) is 60.3 Å². The van der Waals surface area contributed by atoms with Crippen molar-refractivity contribution in [1.82, 2.24) is 10.3 Å². The lowest BCUT2D eigenvalue weighted by molar-refractivity contribution is -0.274. The molecule has 1 aliphatic heterocycles. The molecule has 4 rings (SSSR count). The topological polar surface area (TPSA) is 40.3 Å². The number of nitrogens with zero attached hydrogens (tertiary/aromatic N) is 1. The SMILES string of the molecule is FC(F)(F)Oc1cccc(CN(c2ccc3[nH]ccc3c2)C2CCNCC2)c1. The first kappa shape index (κ1) is 18.7. The van der Waals surface area contributed by atoms with Crippen LogP contribution >= 0.6 is 0 Å². The van der Waals surface area contributed by atoms with E-state index in [9.17, 15) is 13.2 Å². The van der Waals surface area contributed by atoms with E-state index in [-0.39, 0.29) is 5.75 Å². The van der Waals surface area contributed by atoms with Gasteiger partial charge in [-0.3, -0.25) is 0 Å². The molecule has 0 spiro atoms. The zero-order valence-corrected chi connectivity index (χ0v) is 15.3. The van der Waals surface area contributed by atoms with Gasteiger partial charge in [-0.15, -0.1) is 13.2 Å². The van der Waals surface area contributed by atoms with E-state index in [4.69, 9.17) is 0 Å². The highest BCUT2D eigenvalue weighted by atomic mass is 19.4. The number of fused-ring (bicyclic) bond motifs is 1. The number of H-pyrrole nitrogens is 1. The lowest BCUT2D eigenvalue weighted by atomic mass is 10.0. The van der Waals surface area contributed by atoms with Crippen LogP contribution in [0, 0.1) is 0 Å². The zero-order chi connectivity index (χ0) is 19.6. The zero-order valence-electron chi connectivity index (χ0n) is 15.3. The van der Waals surface area contributed by atoms with Crippen molar-refractivity contribution < 1.29 is 17.9 Å². The fourth-order valence-electron chi connectivity index (χ4n) is 3.81. The molecule has 148 valence electrons. The summed E-state index contributed by atoms with van der Waals surface area (Å²) in [5, 5.41) is 4.48. The van der Waals surface area contributed by atoms with Crippen LogP contribution in [0.25, 0.3) is 10.9 Å². The molecule has 2 aromatic carbocycles. The maximum absolute atomic E-state index is 12.6. The Morgan fingerprint density at radius 3 is 2.64 bits per heavy atom. The third-order valence-electron chi connectivity index (χ3n) is 5.10. The summed E-state index contributed by atoms with van der Waals surface area (Å²) >= 11 is 0. The van der Waals surface area contributed by atoms with Crippen LogP contribution in [0.1, 0.15) is 18.4 Å². The lowest BCUT2D eigenvalue weighted by Gasteiger charge is -2.36. The van der Waals surface area contributed by atoms with Crippen molar-refractivity contribution in [2.45, 2.75) is 31.8 Å². The van der Waals surface area contributed by atoms with Gasteiger partial charge in [0.25, 0.3) is 0 Å². The molecular formula is C21H22F3N3O. The molecule has 0 saturated carbocycles. The first-order valence-corrected chi connectivity index (χ1v) is 9.37. The highest BCUT2D eigenvalue weighted by Gasteiger charge is 2.31. The second-order valence-corrected chi connectivity index (χ2v) is 7.05. The van der Waals surface area contributed by atoms with Gasteiger partial charge in [-0.2, -0.15) is 0 Å². The van der Waals surface area contributed by atoms with Gasteiger partial charge in [-0.05, 0) is 67.9 Å². The number of rotatable bonds is 5. The number of halogens is 3. The minimum atomic E-state index is -4.69. The van der Waals surface area contributed by atoms with E-state index in [2.05, 4.69) is 32.1 Å². The summed E-state index contributed by atoms with van der Waals surface area (Å²) in [6.45, 7) is 2.39. The van der Waals surface area contributed by atoms with Gasteiger partial charge in [-0.1, -0.05) is 12.1 Å². The quantitative estimate of drug-likeness (QED) is 0.657. The van der Waals surface area contributed by atoms with Gasteiger partial charge in [0.1, 0.15) is 5.75 Å². The van der Waals surface area contributed by atoms with Gasteiger partial charge in [0.15, 0.2) is 0 Å². The highest BCUT2D eigenvalue weighted by Crippen LogP contribution is 2.29. The van der Waals surface area contributed by atoms with Gasteiger partial charge >= 0.3 is 6.36 Å². The van der Waals surface area contributed by atoms with E-state index in [1.165, 1.54) is 12.1 Å². The second kappa shape index (κ2) is 7.75. The molecule has 4 nitrogen and oxygen atoms in total. The maximum atomic E-state index is 12.6. The molecule has 0 aliphatic carbocycles. The predicted molar refractivity (Wildman–Crippen MR) is 103 cm³/mol. The van der Waals surface area contributed by atoms with E-state index in [1.54, 1.807) is 6.07 Å². The Morgan fingerprint density at radius 1 is 1.04 bits per heavy atom. The standard InChI is InChI=1S/C21H22F3N3O/c22-21(23,24)28-19-3-1-2-15(12-19)14-27(17-7-9-25-10-8-17)18-4-5-20-16(13-18)6-11-26-20/h1-6,11-13,17,25-26H,7-10,14H2. The highest BCUT2D eigenvalue weighted by molar-refractivity contribution is 5.83. The molecule has 1 aromatic heterocycles. The number of benzene rings is 2. The smallest absolute Gasteiger partial charge is 0.406 e. The number of ether oxygens (including phenoxy) is 1. The van der Waals surface area contributed by atoms with Crippen molar-refractivity contribution in [2.75, 3.05) is 18.0 Å². The third kappa shape index (κ3) is 4.42. The van der Waals surface area contributed by atoms with E-state index < -0.39 is 6.36 Å². The molecule has 0 bridgehead atoms. The summed E-state index contributed by atoms with van der Waals surface area (Å²) in [5.41, 5.74) is 2.92. The third-order valence-corrected chi connectivity index (χ3v) is 5.10. The van der Waals surface area contributed by atoms with Crippen LogP contribution in [0.4, 0.5) is 18.9 Å². The van der Waals surface area contributed by atoms with E-state index >= 15 is 0 Å². The Balaban J connectivity index is 1.63. The molecule has 28 heavy (non-hydrogen) atoms. The van der Waals surface area contributed by atoms with Gasteiger partial charge < -0.3 is 19.9 Å². The first-order chi connectivity index (χ1) is 13.5. The van der Waals surface area contributed by atoms with E-state index in [0.717, 1.165) is 48.1 Å². The molecule has 0 amide bonds. The first-order valence-electron chi connectivity index (χ1n) is 9.37. The fourth-order valence-corrected chi connectivity index (χ4v) is 3.81. The van der Waals surface area contributed by atoms with Crippen LogP contribution in [-0.4, -0.2) is 30.5 Å². The van der Waals surface area contributed by atoms with Crippen molar-refractivity contribution in [1.29, 1.82) is 0 Å². The number of aromatic amines is 1. The number of hydrogen-bond acceptors (Lipinski definition) is 3. The van der Waals surface area contributed by atoms with Crippen LogP contribution in [0.5, 0.6) is 5.75 Å². The van der Waals surface area contributed by atoms with Gasteiger partial charge in [0.05, 0.1) is 0 Å². The number of aromatic nitrogens is 1. The summed E-state index contributed by atoms with van der Waals surface area (Å²) in [6.07, 6.45) is -0.804. The normalized spacial score (nSPS) is 15.7. The Kier molecular flexibility index (Phi) is 5.17. The van der Waals surface area contributed by atoms with Gasteiger partial charge in [0, 0.05) is 35.4 Å². The van der Waals surface area contributed by atoms with Gasteiger partial charge in [-0.25, -0.2) is 0 Å². The molecule has 2 N–H and O–H groups in total. The van der Waals surface area contributed by atoms with Crippen LogP contribution in [0.2, 0.25) is 0 Å². The average molecular weight is 389 g/mol. The van der Waals surface area contributed by atoms with Crippen LogP contribution < -0.4 is 15.0 Å². The maximum Gasteiger partial charge on any atom is 0.573 e. The molecular weight excluding hydrogens is 367 g/mol. The number of nitrogens with one attached hydrogen (secondary N) is 2. The molecule has 3 aromatic rings.